The van der Waals surface area contributed by atoms with Crippen molar-refractivity contribution in [3.05, 3.63) is 24.0 Å². The summed E-state index contributed by atoms with van der Waals surface area (Å²) in [5.74, 6) is 0.408. The van der Waals surface area contributed by atoms with Crippen LogP contribution in [0, 0.1) is 10.7 Å². The van der Waals surface area contributed by atoms with E-state index in [1.54, 1.807) is 18.3 Å². The van der Waals surface area contributed by atoms with Gasteiger partial charge in [-0.1, -0.05) is 13.8 Å². The zero-order chi connectivity index (χ0) is 10.8. The van der Waals surface area contributed by atoms with Crippen LogP contribution in [0.25, 0.3) is 0 Å². The SMILES string of the molecule is CC(C)Cc1ncccc1S(=N)(N)=O. The quantitative estimate of drug-likeness (QED) is 0.799. The molecule has 14 heavy (non-hydrogen) atoms. The minimum absolute atomic E-state index is 0.355. The highest BCUT2D eigenvalue weighted by molar-refractivity contribution is 7.90. The molecule has 78 valence electrons. The fraction of sp³-hybridized carbons (Fsp3) is 0.444. The largest absolute Gasteiger partial charge is 0.260 e. The van der Waals surface area contributed by atoms with Gasteiger partial charge in [-0.3, -0.25) is 4.98 Å². The maximum absolute atomic E-state index is 11.4. The molecule has 1 aromatic heterocycles. The van der Waals surface area contributed by atoms with Crippen LogP contribution in [0.1, 0.15) is 19.5 Å². The van der Waals surface area contributed by atoms with E-state index in [1.807, 2.05) is 13.8 Å². The first-order chi connectivity index (χ1) is 6.41. The van der Waals surface area contributed by atoms with Crippen molar-refractivity contribution < 1.29 is 4.21 Å². The predicted molar refractivity (Wildman–Crippen MR) is 56.1 cm³/mol. The second-order valence-electron chi connectivity index (χ2n) is 3.65. The number of aromatic nitrogens is 1. The van der Waals surface area contributed by atoms with Crippen LogP contribution < -0.4 is 5.14 Å². The molecular formula is C9H15N3OS. The van der Waals surface area contributed by atoms with Gasteiger partial charge < -0.3 is 0 Å². The molecule has 0 spiro atoms. The van der Waals surface area contributed by atoms with Gasteiger partial charge in [0.2, 0.25) is 0 Å². The van der Waals surface area contributed by atoms with Crippen molar-refractivity contribution in [2.75, 3.05) is 0 Å². The number of pyridine rings is 1. The Labute approximate surface area is 84.7 Å². The van der Waals surface area contributed by atoms with E-state index in [-0.39, 0.29) is 0 Å². The van der Waals surface area contributed by atoms with Crippen molar-refractivity contribution in [2.45, 2.75) is 25.2 Å². The van der Waals surface area contributed by atoms with Gasteiger partial charge in [-0.2, -0.15) is 0 Å². The van der Waals surface area contributed by atoms with Crippen molar-refractivity contribution in [3.8, 4) is 0 Å². The third-order valence-electron chi connectivity index (χ3n) is 1.78. The lowest BCUT2D eigenvalue weighted by atomic mass is 10.1. The summed E-state index contributed by atoms with van der Waals surface area (Å²) in [6, 6.07) is 3.26. The summed E-state index contributed by atoms with van der Waals surface area (Å²) in [6.07, 6.45) is 2.33. The number of nitrogens with one attached hydrogen (secondary N) is 1. The molecule has 0 aliphatic rings. The molecule has 0 amide bonds. The van der Waals surface area contributed by atoms with Gasteiger partial charge >= 0.3 is 0 Å². The maximum atomic E-state index is 11.4. The molecule has 3 N–H and O–H groups in total. The molecule has 0 saturated carbocycles. The number of nitrogens with two attached hydrogens (primary N) is 1. The first-order valence-electron chi connectivity index (χ1n) is 4.41. The lowest BCUT2D eigenvalue weighted by Crippen LogP contribution is -2.14. The van der Waals surface area contributed by atoms with E-state index in [4.69, 9.17) is 9.92 Å². The molecule has 4 nitrogen and oxygen atoms in total. The topological polar surface area (TPSA) is 79.8 Å². The Bertz CT molecular complexity index is 412. The second-order valence-corrected chi connectivity index (χ2v) is 5.29. The molecule has 1 heterocycles. The van der Waals surface area contributed by atoms with Gasteiger partial charge in [0.15, 0.2) is 0 Å². The summed E-state index contributed by atoms with van der Waals surface area (Å²) in [5.41, 5.74) is 0.671. The van der Waals surface area contributed by atoms with Crippen LogP contribution in [-0.2, 0) is 16.3 Å². The average Bonchev–Trinajstić information content (AvgIpc) is 2.01. The van der Waals surface area contributed by atoms with Crippen LogP contribution in [0.15, 0.2) is 23.2 Å². The number of nitrogens with zero attached hydrogens (tertiary/aromatic N) is 1. The Morgan fingerprint density at radius 2 is 2.29 bits per heavy atom. The third kappa shape index (κ3) is 2.78. The molecule has 0 radical (unpaired) electrons. The predicted octanol–water partition coefficient (Wildman–Crippen LogP) is 1.56. The zero-order valence-corrected chi connectivity index (χ0v) is 9.17. The fourth-order valence-electron chi connectivity index (χ4n) is 1.24. The summed E-state index contributed by atoms with van der Waals surface area (Å²) in [6.45, 7) is 4.08. The molecule has 5 heteroatoms. The maximum Gasteiger partial charge on any atom is 0.133 e. The van der Waals surface area contributed by atoms with Crippen molar-refractivity contribution in [2.24, 2.45) is 11.1 Å². The van der Waals surface area contributed by atoms with Crippen molar-refractivity contribution in [1.29, 1.82) is 4.78 Å². The molecule has 0 aliphatic carbocycles. The van der Waals surface area contributed by atoms with Crippen molar-refractivity contribution >= 4 is 9.92 Å². The molecule has 0 bridgehead atoms. The minimum Gasteiger partial charge on any atom is -0.260 e. The molecule has 0 fully saturated rings. The molecule has 1 rings (SSSR count). The molecule has 0 saturated heterocycles. The Balaban J connectivity index is 3.17. The summed E-state index contributed by atoms with van der Waals surface area (Å²) in [7, 11) is -3.14. The monoisotopic (exact) mass is 213 g/mol. The second kappa shape index (κ2) is 4.06. The smallest absolute Gasteiger partial charge is 0.133 e. The zero-order valence-electron chi connectivity index (χ0n) is 8.36. The molecule has 1 aromatic rings. The Morgan fingerprint density at radius 3 is 2.79 bits per heavy atom. The average molecular weight is 213 g/mol. The van der Waals surface area contributed by atoms with E-state index in [9.17, 15) is 4.21 Å². The Kier molecular flexibility index (Phi) is 3.23. The number of rotatable bonds is 3. The fourth-order valence-corrected chi connectivity index (χ4v) is 2.01. The summed E-state index contributed by atoms with van der Waals surface area (Å²) in [4.78, 5) is 4.46. The van der Waals surface area contributed by atoms with Crippen LogP contribution in [0.3, 0.4) is 0 Å². The van der Waals surface area contributed by atoms with E-state index in [0.29, 0.717) is 22.9 Å². The molecule has 1 atom stereocenters. The van der Waals surface area contributed by atoms with Gasteiger partial charge in [-0.15, -0.1) is 0 Å². The molecule has 1 unspecified atom stereocenters. The molecule has 0 aliphatic heterocycles. The number of hydrogen-bond donors (Lipinski definition) is 2. The van der Waals surface area contributed by atoms with Crippen LogP contribution in [0.2, 0.25) is 0 Å². The highest BCUT2D eigenvalue weighted by atomic mass is 32.2. The van der Waals surface area contributed by atoms with Gasteiger partial charge in [-0.05, 0) is 24.5 Å². The lowest BCUT2D eigenvalue weighted by Gasteiger charge is -2.09. The first kappa shape index (κ1) is 11.1. The van der Waals surface area contributed by atoms with Gasteiger partial charge in [0, 0.05) is 6.20 Å². The number of hydrogen-bond acceptors (Lipinski definition) is 3. The van der Waals surface area contributed by atoms with Gasteiger partial charge in [0.1, 0.15) is 9.92 Å². The Hall–Kier alpha value is -0.940. The van der Waals surface area contributed by atoms with Gasteiger partial charge in [-0.25, -0.2) is 14.1 Å². The summed E-state index contributed by atoms with van der Waals surface area (Å²) < 4.78 is 18.7. The van der Waals surface area contributed by atoms with E-state index >= 15 is 0 Å². The lowest BCUT2D eigenvalue weighted by molar-refractivity contribution is 0.622. The normalized spacial score (nSPS) is 15.4. The van der Waals surface area contributed by atoms with Gasteiger partial charge in [0.05, 0.1) is 10.6 Å². The van der Waals surface area contributed by atoms with Gasteiger partial charge in [0.25, 0.3) is 0 Å². The van der Waals surface area contributed by atoms with Crippen LogP contribution >= 0.6 is 0 Å². The standard InChI is InChI=1S/C9H15N3OS/c1-7(2)6-8-9(14(10,11)13)4-3-5-12-8/h3-5,7H,6H2,1-2H3,(H3,10,11,13). The highest BCUT2D eigenvalue weighted by Crippen LogP contribution is 2.15. The summed E-state index contributed by atoms with van der Waals surface area (Å²) >= 11 is 0. The van der Waals surface area contributed by atoms with E-state index in [0.717, 1.165) is 0 Å². The van der Waals surface area contributed by atoms with E-state index in [1.165, 1.54) is 0 Å². The van der Waals surface area contributed by atoms with Crippen molar-refractivity contribution in [1.82, 2.24) is 4.98 Å². The minimum atomic E-state index is -3.14. The van der Waals surface area contributed by atoms with Crippen molar-refractivity contribution in [3.63, 3.8) is 0 Å². The summed E-state index contributed by atoms with van der Waals surface area (Å²) in [5, 5.41) is 5.29. The molecular weight excluding hydrogens is 198 g/mol. The highest BCUT2D eigenvalue weighted by Gasteiger charge is 2.11. The van der Waals surface area contributed by atoms with E-state index in [2.05, 4.69) is 4.98 Å². The molecule has 0 aromatic carbocycles. The van der Waals surface area contributed by atoms with Crippen LogP contribution in [0.4, 0.5) is 0 Å². The Morgan fingerprint density at radius 1 is 1.64 bits per heavy atom. The van der Waals surface area contributed by atoms with E-state index < -0.39 is 9.92 Å². The van der Waals surface area contributed by atoms with Crippen LogP contribution in [-0.4, -0.2) is 9.19 Å². The van der Waals surface area contributed by atoms with Crippen LogP contribution in [0.5, 0.6) is 0 Å². The third-order valence-corrected chi connectivity index (χ3v) is 2.80. The first-order valence-corrected chi connectivity index (χ1v) is 6.04.